The fraction of sp³-hybridized carbons (Fsp3) is 0.486. The lowest BCUT2D eigenvalue weighted by molar-refractivity contribution is -0.134. The number of benzene rings is 1. The zero-order chi connectivity index (χ0) is 33.4. The number of likely N-dealkylation sites (tertiary alicyclic amines) is 1. The Balaban J connectivity index is 0.935. The molecule has 13 nitrogen and oxygen atoms in total. The quantitative estimate of drug-likeness (QED) is 0.275. The summed E-state index contributed by atoms with van der Waals surface area (Å²) in [6.45, 7) is 13.5. The lowest BCUT2D eigenvalue weighted by Crippen LogP contribution is -2.50. The summed E-state index contributed by atoms with van der Waals surface area (Å²) in [7, 11) is 1.87. The van der Waals surface area contributed by atoms with Crippen LogP contribution in [0, 0.1) is 5.41 Å². The van der Waals surface area contributed by atoms with E-state index in [-0.39, 0.29) is 17.9 Å². The predicted octanol–water partition coefficient (Wildman–Crippen LogP) is 3.26. The van der Waals surface area contributed by atoms with E-state index in [0.29, 0.717) is 38.6 Å². The van der Waals surface area contributed by atoms with Crippen LogP contribution in [0.25, 0.3) is 22.2 Å². The first-order chi connectivity index (χ1) is 23.2. The number of nitrogens with zero attached hydrogens (tertiary/aromatic N) is 9. The number of carbonyl (C=O) groups excluding carboxylic acids is 2. The molecule has 0 aliphatic carbocycles. The molecular weight excluding hydrogens is 608 g/mol. The Morgan fingerprint density at radius 3 is 2.56 bits per heavy atom. The predicted molar refractivity (Wildman–Crippen MR) is 182 cm³/mol. The monoisotopic (exact) mass is 652 g/mol. The number of carbonyl (C=O) groups is 2. The number of aryl methyl sites for hydroxylation is 2. The van der Waals surface area contributed by atoms with Crippen molar-refractivity contribution < 1.29 is 14.3 Å². The number of ether oxygens (including phenoxy) is 1. The van der Waals surface area contributed by atoms with Crippen LogP contribution in [0.3, 0.4) is 0 Å². The first-order valence-corrected chi connectivity index (χ1v) is 16.9. The summed E-state index contributed by atoms with van der Waals surface area (Å²) >= 11 is 0. The lowest BCUT2D eigenvalue weighted by atomic mass is 9.85. The Kier molecular flexibility index (Phi) is 8.63. The number of fused-ring (bicyclic) bond motifs is 1. The summed E-state index contributed by atoms with van der Waals surface area (Å²) in [5.41, 5.74) is 4.03. The molecule has 3 aliphatic heterocycles. The van der Waals surface area contributed by atoms with Crippen LogP contribution in [-0.4, -0.2) is 115 Å². The van der Waals surface area contributed by atoms with Crippen LogP contribution in [0.15, 0.2) is 55.1 Å². The highest BCUT2D eigenvalue weighted by Gasteiger charge is 2.51. The van der Waals surface area contributed by atoms with Crippen LogP contribution in [0.5, 0.6) is 5.88 Å². The largest absolute Gasteiger partial charge is 0.475 e. The highest BCUT2D eigenvalue weighted by molar-refractivity contribution is 6.03. The van der Waals surface area contributed by atoms with Crippen LogP contribution < -0.4 is 9.64 Å². The average Bonchev–Trinajstić information content (AvgIpc) is 3.87. The molecule has 3 saturated heterocycles. The maximum absolute atomic E-state index is 14.0. The zero-order valence-electron chi connectivity index (χ0n) is 28.1. The fourth-order valence-corrected chi connectivity index (χ4v) is 7.24. The Bertz CT molecular complexity index is 1810. The number of anilines is 1. The van der Waals surface area contributed by atoms with Gasteiger partial charge in [-0.2, -0.15) is 10.2 Å². The number of aromatic amines is 1. The van der Waals surface area contributed by atoms with Crippen LogP contribution >= 0.6 is 0 Å². The molecule has 3 aliphatic rings. The SMILES string of the molecule is C=C(CCc1ncn(C)n1)N1CCN(C(=O)CN2CC[C@]3(CCN(c4ccc5[nH]nc(-c6ccc(OC(C)C)nc6)c5c4)C3=O)C2)CC1. The van der Waals surface area contributed by atoms with E-state index >= 15 is 0 Å². The number of allylic oxidation sites excluding steroid dienone is 1. The summed E-state index contributed by atoms with van der Waals surface area (Å²) in [4.78, 5) is 44.4. The molecular formula is C35H44N10O3. The third kappa shape index (κ3) is 6.38. The minimum atomic E-state index is -0.455. The van der Waals surface area contributed by atoms with Crippen LogP contribution in [0.4, 0.5) is 5.69 Å². The molecule has 6 heterocycles. The number of pyridine rings is 1. The van der Waals surface area contributed by atoms with Crippen molar-refractivity contribution in [1.29, 1.82) is 0 Å². The van der Waals surface area contributed by atoms with Gasteiger partial charge in [-0.1, -0.05) is 6.58 Å². The van der Waals surface area contributed by atoms with Crippen molar-refractivity contribution in [3.63, 3.8) is 0 Å². The summed E-state index contributed by atoms with van der Waals surface area (Å²) in [6.07, 6.45) is 6.63. The number of rotatable bonds is 10. The molecule has 0 unspecified atom stereocenters. The molecule has 4 aromatic rings. The van der Waals surface area contributed by atoms with E-state index in [1.807, 2.05) is 61.0 Å². The second kappa shape index (κ2) is 13.0. The molecule has 3 aromatic heterocycles. The Morgan fingerprint density at radius 2 is 1.83 bits per heavy atom. The number of nitrogens with one attached hydrogen (secondary N) is 1. The molecule has 0 bridgehead atoms. The normalized spacial score (nSPS) is 20.2. The van der Waals surface area contributed by atoms with Crippen molar-refractivity contribution >= 4 is 28.4 Å². The van der Waals surface area contributed by atoms with Crippen LogP contribution in [0.2, 0.25) is 0 Å². The number of aromatic nitrogens is 6. The van der Waals surface area contributed by atoms with Gasteiger partial charge in [0.25, 0.3) is 0 Å². The maximum Gasteiger partial charge on any atom is 0.236 e. The summed E-state index contributed by atoms with van der Waals surface area (Å²) in [5, 5.41) is 13.0. The Hall–Kier alpha value is -4.78. The van der Waals surface area contributed by atoms with Crippen LogP contribution in [-0.2, 0) is 23.1 Å². The standard InChI is InChI=1S/C35H44N10O3/c1-24(2)48-31-10-6-26(20-36-31)33-28-19-27(7-8-29(28)38-39-33)45-14-12-35(34(45)47)11-13-42(22-35)21-32(46)44-17-15-43(16-18-44)25(3)5-9-30-37-23-41(4)40-30/h6-8,10,19-20,23-24H,3,5,9,11-18,21-22H2,1-2,4H3,(H,38,39)/t35-/m0/s1. The molecule has 1 aromatic carbocycles. The van der Waals surface area contributed by atoms with Gasteiger partial charge >= 0.3 is 0 Å². The maximum atomic E-state index is 14.0. The zero-order valence-corrected chi connectivity index (χ0v) is 28.1. The Morgan fingerprint density at radius 1 is 1.04 bits per heavy atom. The number of piperazine rings is 1. The smallest absolute Gasteiger partial charge is 0.236 e. The van der Waals surface area contributed by atoms with Gasteiger partial charge in [0.15, 0.2) is 5.82 Å². The summed E-state index contributed by atoms with van der Waals surface area (Å²) in [6, 6.07) is 9.82. The number of H-pyrrole nitrogens is 1. The first kappa shape index (κ1) is 31.8. The van der Waals surface area contributed by atoms with Crippen molar-refractivity contribution in [2.75, 3.05) is 57.3 Å². The van der Waals surface area contributed by atoms with Gasteiger partial charge in [0.05, 0.1) is 23.6 Å². The van der Waals surface area contributed by atoms with Crippen molar-refractivity contribution in [2.45, 2.75) is 45.6 Å². The van der Waals surface area contributed by atoms with E-state index in [1.54, 1.807) is 17.2 Å². The average molecular weight is 653 g/mol. The van der Waals surface area contributed by atoms with E-state index in [0.717, 1.165) is 84.7 Å². The molecule has 0 saturated carbocycles. The molecule has 13 heteroatoms. The number of hydrogen-bond acceptors (Lipinski definition) is 9. The van der Waals surface area contributed by atoms with Gasteiger partial charge in [-0.15, -0.1) is 0 Å². The van der Waals surface area contributed by atoms with E-state index < -0.39 is 5.41 Å². The molecule has 3 fully saturated rings. The lowest BCUT2D eigenvalue weighted by Gasteiger charge is -2.37. The number of amides is 2. The highest BCUT2D eigenvalue weighted by Crippen LogP contribution is 2.43. The van der Waals surface area contributed by atoms with Crippen LogP contribution in [0.1, 0.15) is 38.9 Å². The van der Waals surface area contributed by atoms with Gasteiger partial charge in [0.2, 0.25) is 17.7 Å². The van der Waals surface area contributed by atoms with Gasteiger partial charge in [-0.05, 0) is 63.9 Å². The third-order valence-electron chi connectivity index (χ3n) is 9.89. The van der Waals surface area contributed by atoms with Crippen molar-refractivity contribution in [3.05, 3.63) is 61.0 Å². The summed E-state index contributed by atoms with van der Waals surface area (Å²) < 4.78 is 7.41. The topological polar surface area (TPSA) is 129 Å². The minimum Gasteiger partial charge on any atom is -0.475 e. The second-order valence-electron chi connectivity index (χ2n) is 13.6. The molecule has 1 spiro atoms. The van der Waals surface area contributed by atoms with Crippen molar-refractivity contribution in [2.24, 2.45) is 12.5 Å². The van der Waals surface area contributed by atoms with Gasteiger partial charge < -0.3 is 19.4 Å². The second-order valence-corrected chi connectivity index (χ2v) is 13.6. The molecule has 2 amide bonds. The van der Waals surface area contributed by atoms with E-state index in [4.69, 9.17) is 4.74 Å². The molecule has 252 valence electrons. The van der Waals surface area contributed by atoms with Gasteiger partial charge in [0.1, 0.15) is 12.0 Å². The Labute approximate surface area is 280 Å². The van der Waals surface area contributed by atoms with Crippen molar-refractivity contribution in [3.8, 4) is 17.1 Å². The molecule has 1 atom stereocenters. The molecule has 0 radical (unpaired) electrons. The van der Waals surface area contributed by atoms with Crippen molar-refractivity contribution in [1.82, 2.24) is 44.6 Å². The first-order valence-electron chi connectivity index (χ1n) is 16.9. The summed E-state index contributed by atoms with van der Waals surface area (Å²) in [5.74, 6) is 1.67. The van der Waals surface area contributed by atoms with Gasteiger partial charge in [0, 0.05) is 87.3 Å². The number of hydrogen-bond donors (Lipinski definition) is 1. The molecule has 48 heavy (non-hydrogen) atoms. The van der Waals surface area contributed by atoms with E-state index in [9.17, 15) is 9.59 Å². The molecule has 1 N–H and O–H groups in total. The van der Waals surface area contributed by atoms with Gasteiger partial charge in [-0.3, -0.25) is 24.3 Å². The highest BCUT2D eigenvalue weighted by atomic mass is 16.5. The van der Waals surface area contributed by atoms with E-state index in [2.05, 4.69) is 41.6 Å². The van der Waals surface area contributed by atoms with Gasteiger partial charge in [-0.25, -0.2) is 9.97 Å². The molecule has 7 rings (SSSR count). The fourth-order valence-electron chi connectivity index (χ4n) is 7.24. The minimum absolute atomic E-state index is 0.0469. The third-order valence-corrected chi connectivity index (χ3v) is 9.89. The van der Waals surface area contributed by atoms with E-state index in [1.165, 1.54) is 0 Å².